The van der Waals surface area contributed by atoms with Gasteiger partial charge in [-0.05, 0) is 18.2 Å². The number of nitrogens with one attached hydrogen (secondary N) is 1. The summed E-state index contributed by atoms with van der Waals surface area (Å²) < 4.78 is 23.2. The minimum Gasteiger partial charge on any atom is -0.478 e. The summed E-state index contributed by atoms with van der Waals surface area (Å²) in [6.07, 6.45) is 0. The van der Waals surface area contributed by atoms with E-state index in [0.29, 0.717) is 31.0 Å². The van der Waals surface area contributed by atoms with Crippen LogP contribution in [0.25, 0.3) is 0 Å². The summed E-state index contributed by atoms with van der Waals surface area (Å²) in [7, 11) is 1.62. The highest BCUT2D eigenvalue weighted by atomic mass is 19.1. The summed E-state index contributed by atoms with van der Waals surface area (Å²) >= 11 is 0. The van der Waals surface area contributed by atoms with Gasteiger partial charge in [0, 0.05) is 25.8 Å². The van der Waals surface area contributed by atoms with E-state index >= 15 is 0 Å². The fourth-order valence-corrected chi connectivity index (χ4v) is 1.33. The molecule has 1 rings (SSSR count). The van der Waals surface area contributed by atoms with E-state index in [1.54, 1.807) is 7.11 Å². The van der Waals surface area contributed by atoms with Gasteiger partial charge in [0.15, 0.2) is 6.61 Å². The molecule has 0 saturated heterocycles. The third-order valence-corrected chi connectivity index (χ3v) is 2.11. The lowest BCUT2D eigenvalue weighted by molar-refractivity contribution is 0.199. The second-order valence-corrected chi connectivity index (χ2v) is 3.37. The first kappa shape index (κ1) is 13.4. The van der Waals surface area contributed by atoms with Gasteiger partial charge >= 0.3 is 0 Å². The third-order valence-electron chi connectivity index (χ3n) is 2.11. The van der Waals surface area contributed by atoms with E-state index in [4.69, 9.17) is 14.7 Å². The van der Waals surface area contributed by atoms with Crippen LogP contribution >= 0.6 is 0 Å². The number of methoxy groups -OCH3 is 1. The Balaban J connectivity index is 2.60. The molecule has 0 fully saturated rings. The van der Waals surface area contributed by atoms with Crippen molar-refractivity contribution in [1.82, 2.24) is 5.32 Å². The molecule has 0 bridgehead atoms. The zero-order valence-corrected chi connectivity index (χ0v) is 9.70. The Labute approximate surface area is 100.0 Å². The van der Waals surface area contributed by atoms with Crippen LogP contribution in [0.15, 0.2) is 18.2 Å². The van der Waals surface area contributed by atoms with Gasteiger partial charge in [0.25, 0.3) is 0 Å². The van der Waals surface area contributed by atoms with Crippen LogP contribution in [0, 0.1) is 17.1 Å². The number of nitriles is 1. The Morgan fingerprint density at radius 3 is 3.00 bits per heavy atom. The molecule has 1 aromatic rings. The molecule has 0 heterocycles. The van der Waals surface area contributed by atoms with E-state index in [0.717, 1.165) is 0 Å². The van der Waals surface area contributed by atoms with Crippen molar-refractivity contribution >= 4 is 0 Å². The lowest BCUT2D eigenvalue weighted by Gasteiger charge is -2.10. The van der Waals surface area contributed by atoms with E-state index in [-0.39, 0.29) is 12.4 Å². The SMILES string of the molecule is COCCNCc1cc(F)ccc1OCC#N. The topological polar surface area (TPSA) is 54.3 Å². The Bertz CT molecular complexity index is 391. The summed E-state index contributed by atoms with van der Waals surface area (Å²) in [6, 6.07) is 6.11. The lowest BCUT2D eigenvalue weighted by atomic mass is 10.2. The number of hydrogen-bond donors (Lipinski definition) is 1. The van der Waals surface area contributed by atoms with E-state index in [2.05, 4.69) is 5.32 Å². The van der Waals surface area contributed by atoms with E-state index in [1.165, 1.54) is 18.2 Å². The summed E-state index contributed by atoms with van der Waals surface area (Å²) in [5.41, 5.74) is 0.691. The summed E-state index contributed by atoms with van der Waals surface area (Å²) in [6.45, 7) is 1.69. The molecule has 1 aromatic carbocycles. The van der Waals surface area contributed by atoms with Crippen molar-refractivity contribution in [2.45, 2.75) is 6.54 Å². The molecule has 0 amide bonds. The van der Waals surface area contributed by atoms with Crippen molar-refractivity contribution in [1.29, 1.82) is 5.26 Å². The maximum Gasteiger partial charge on any atom is 0.174 e. The number of nitrogens with zero attached hydrogens (tertiary/aromatic N) is 1. The molecule has 92 valence electrons. The van der Waals surface area contributed by atoms with Gasteiger partial charge in [0.05, 0.1) is 6.61 Å². The fraction of sp³-hybridized carbons (Fsp3) is 0.417. The zero-order chi connectivity index (χ0) is 12.5. The molecule has 17 heavy (non-hydrogen) atoms. The van der Waals surface area contributed by atoms with Crippen LogP contribution < -0.4 is 10.1 Å². The summed E-state index contributed by atoms with van der Waals surface area (Å²) in [5.74, 6) is 0.204. The van der Waals surface area contributed by atoms with E-state index < -0.39 is 0 Å². The van der Waals surface area contributed by atoms with Gasteiger partial charge in [-0.3, -0.25) is 0 Å². The van der Waals surface area contributed by atoms with Gasteiger partial charge in [0.1, 0.15) is 17.6 Å². The van der Waals surface area contributed by atoms with Crippen LogP contribution in [0.2, 0.25) is 0 Å². The first-order valence-corrected chi connectivity index (χ1v) is 5.25. The van der Waals surface area contributed by atoms with Crippen LogP contribution in [0.1, 0.15) is 5.56 Å². The van der Waals surface area contributed by atoms with Gasteiger partial charge in [-0.15, -0.1) is 0 Å². The molecular weight excluding hydrogens is 223 g/mol. The maximum absolute atomic E-state index is 13.1. The molecule has 0 unspecified atom stereocenters. The first-order valence-electron chi connectivity index (χ1n) is 5.25. The van der Waals surface area contributed by atoms with Crippen molar-refractivity contribution in [3.63, 3.8) is 0 Å². The van der Waals surface area contributed by atoms with Crippen LogP contribution in [0.4, 0.5) is 4.39 Å². The van der Waals surface area contributed by atoms with Gasteiger partial charge in [0.2, 0.25) is 0 Å². The van der Waals surface area contributed by atoms with Gasteiger partial charge in [-0.1, -0.05) is 0 Å². The molecule has 0 radical (unpaired) electrons. The van der Waals surface area contributed by atoms with Crippen molar-refractivity contribution in [2.24, 2.45) is 0 Å². The Morgan fingerprint density at radius 1 is 1.47 bits per heavy atom. The molecule has 0 aliphatic heterocycles. The van der Waals surface area contributed by atoms with Gasteiger partial charge < -0.3 is 14.8 Å². The average molecular weight is 238 g/mol. The molecular formula is C12H15FN2O2. The molecule has 0 spiro atoms. The van der Waals surface area contributed by atoms with Crippen molar-refractivity contribution in [3.8, 4) is 11.8 Å². The molecule has 0 atom stereocenters. The molecule has 5 heteroatoms. The molecule has 0 aromatic heterocycles. The molecule has 0 aliphatic carbocycles. The minimum absolute atomic E-state index is 0.0449. The molecule has 4 nitrogen and oxygen atoms in total. The summed E-state index contributed by atoms with van der Waals surface area (Å²) in [4.78, 5) is 0. The van der Waals surface area contributed by atoms with Crippen LogP contribution in [-0.4, -0.2) is 26.9 Å². The highest BCUT2D eigenvalue weighted by Crippen LogP contribution is 2.19. The summed E-state index contributed by atoms with van der Waals surface area (Å²) in [5, 5.41) is 11.5. The molecule has 0 aliphatic rings. The second-order valence-electron chi connectivity index (χ2n) is 3.37. The van der Waals surface area contributed by atoms with E-state index in [1.807, 2.05) is 6.07 Å². The standard InChI is InChI=1S/C12H15FN2O2/c1-16-7-5-15-9-10-8-11(13)2-3-12(10)17-6-4-14/h2-3,8,15H,5-7,9H2,1H3. The van der Waals surface area contributed by atoms with Crippen LogP contribution in [-0.2, 0) is 11.3 Å². The van der Waals surface area contributed by atoms with Gasteiger partial charge in [-0.25, -0.2) is 4.39 Å². The highest BCUT2D eigenvalue weighted by Gasteiger charge is 2.05. The predicted molar refractivity (Wildman–Crippen MR) is 61.1 cm³/mol. The van der Waals surface area contributed by atoms with Crippen LogP contribution in [0.3, 0.4) is 0 Å². The monoisotopic (exact) mass is 238 g/mol. The second kappa shape index (κ2) is 7.60. The highest BCUT2D eigenvalue weighted by molar-refractivity contribution is 5.34. The van der Waals surface area contributed by atoms with Gasteiger partial charge in [-0.2, -0.15) is 5.26 Å². The Hall–Kier alpha value is -1.64. The quantitative estimate of drug-likeness (QED) is 0.731. The molecule has 1 N–H and O–H groups in total. The first-order chi connectivity index (χ1) is 8.27. The average Bonchev–Trinajstić information content (AvgIpc) is 2.33. The smallest absolute Gasteiger partial charge is 0.174 e. The minimum atomic E-state index is -0.321. The van der Waals surface area contributed by atoms with Crippen LogP contribution in [0.5, 0.6) is 5.75 Å². The van der Waals surface area contributed by atoms with Crippen molar-refractivity contribution in [2.75, 3.05) is 26.9 Å². The number of halogens is 1. The van der Waals surface area contributed by atoms with E-state index in [9.17, 15) is 4.39 Å². The van der Waals surface area contributed by atoms with Crippen molar-refractivity contribution < 1.29 is 13.9 Å². The molecule has 0 saturated carbocycles. The number of ether oxygens (including phenoxy) is 2. The zero-order valence-electron chi connectivity index (χ0n) is 9.70. The lowest BCUT2D eigenvalue weighted by Crippen LogP contribution is -2.19. The largest absolute Gasteiger partial charge is 0.478 e. The number of hydrogen-bond acceptors (Lipinski definition) is 4. The number of rotatable bonds is 7. The Kier molecular flexibility index (Phi) is 6.00. The Morgan fingerprint density at radius 2 is 2.29 bits per heavy atom. The predicted octanol–water partition coefficient (Wildman–Crippen LogP) is 1.46. The normalized spacial score (nSPS) is 9.94. The fourth-order valence-electron chi connectivity index (χ4n) is 1.33. The van der Waals surface area contributed by atoms with Crippen molar-refractivity contribution in [3.05, 3.63) is 29.6 Å². The third kappa shape index (κ3) is 4.81. The number of benzene rings is 1. The maximum atomic E-state index is 13.1.